The first-order valence-electron chi connectivity index (χ1n) is 2.83. The van der Waals surface area contributed by atoms with Crippen molar-refractivity contribution in [1.82, 2.24) is 0 Å². The summed E-state index contributed by atoms with van der Waals surface area (Å²) in [5, 5.41) is 25.4. The second-order valence-electron chi connectivity index (χ2n) is 1.87. The largest absolute Gasteiger partial charge is 0.763 e. The summed E-state index contributed by atoms with van der Waals surface area (Å²) in [5.41, 5.74) is 0.711. The van der Waals surface area contributed by atoms with E-state index in [0.29, 0.717) is 0 Å². The van der Waals surface area contributed by atoms with Crippen LogP contribution in [0.1, 0.15) is 0 Å². The van der Waals surface area contributed by atoms with Gasteiger partial charge in [0.05, 0.1) is 11.1 Å². The van der Waals surface area contributed by atoms with E-state index in [1.807, 2.05) is 12.1 Å². The van der Waals surface area contributed by atoms with Gasteiger partial charge in [0.2, 0.25) is 0 Å². The van der Waals surface area contributed by atoms with Gasteiger partial charge in [-0.3, -0.25) is 5.87 Å². The average Bonchev–Trinajstić information content (AvgIpc) is 2.45. The highest BCUT2D eigenvalue weighted by Crippen LogP contribution is 2.21. The molecule has 1 aliphatic rings. The van der Waals surface area contributed by atoms with E-state index in [1.54, 1.807) is 5.87 Å². The molecule has 0 amide bonds. The van der Waals surface area contributed by atoms with Crippen LogP contribution >= 0.6 is 0 Å². The van der Waals surface area contributed by atoms with Crippen LogP contribution in [-0.4, -0.2) is 5.87 Å². The molecule has 0 atom stereocenters. The van der Waals surface area contributed by atoms with Crippen LogP contribution in [0.15, 0.2) is 28.9 Å². The van der Waals surface area contributed by atoms with Crippen molar-refractivity contribution in [2.75, 3.05) is 0 Å². The normalized spacial score (nSPS) is 14.2. The molecule has 0 unspecified atom stereocenters. The molecule has 0 heterocycles. The smallest absolute Gasteiger partial charge is 0.100 e. The molecular formula is C8H2N3-. The summed E-state index contributed by atoms with van der Waals surface area (Å²) in [4.78, 5) is 0. The van der Waals surface area contributed by atoms with Crippen LogP contribution in [0, 0.1) is 22.7 Å². The summed E-state index contributed by atoms with van der Waals surface area (Å²) in [7, 11) is 0. The van der Waals surface area contributed by atoms with E-state index in [1.165, 1.54) is 12.2 Å². The molecule has 50 valence electrons. The number of nitrogens with zero attached hydrogens (tertiary/aromatic N) is 3. The summed E-state index contributed by atoms with van der Waals surface area (Å²) in [6.45, 7) is 0. The topological polar surface area (TPSA) is 69.9 Å². The molecule has 0 aliphatic heterocycles. The van der Waals surface area contributed by atoms with Gasteiger partial charge in [-0.2, -0.15) is 10.5 Å². The lowest BCUT2D eigenvalue weighted by atomic mass is 10.1. The van der Waals surface area contributed by atoms with E-state index in [4.69, 9.17) is 15.9 Å². The van der Waals surface area contributed by atoms with E-state index < -0.39 is 0 Å². The van der Waals surface area contributed by atoms with Gasteiger partial charge in [-0.1, -0.05) is 0 Å². The Balaban J connectivity index is 3.19. The second-order valence-corrected chi connectivity index (χ2v) is 1.87. The summed E-state index contributed by atoms with van der Waals surface area (Å²) >= 11 is 0. The fourth-order valence-electron chi connectivity index (χ4n) is 0.785. The number of allylic oxidation sites excluding steroid dienone is 5. The third kappa shape index (κ3) is 0.966. The molecule has 3 heteroatoms. The second kappa shape index (κ2) is 2.66. The van der Waals surface area contributed by atoms with Crippen LogP contribution in [0.5, 0.6) is 0 Å². The standard InChI is InChI=1S/C8H2N3/c9-3-6-1-2-7(4-10)8(6)5-11/h1-2H/q-1. The molecule has 1 aliphatic carbocycles. The zero-order valence-electron chi connectivity index (χ0n) is 5.50. The van der Waals surface area contributed by atoms with Gasteiger partial charge in [0.25, 0.3) is 0 Å². The van der Waals surface area contributed by atoms with Crippen LogP contribution in [-0.2, 0) is 0 Å². The Bertz CT molecular complexity index is 347. The quantitative estimate of drug-likeness (QED) is 0.472. The van der Waals surface area contributed by atoms with Crippen LogP contribution < -0.4 is 0 Å². The number of rotatable bonds is 0. The number of hydrogen-bond donors (Lipinski definition) is 0. The fourth-order valence-corrected chi connectivity index (χ4v) is 0.785. The van der Waals surface area contributed by atoms with Crippen molar-refractivity contribution in [3.05, 3.63) is 34.3 Å². The van der Waals surface area contributed by atoms with Crippen molar-refractivity contribution >= 4 is 5.87 Å². The van der Waals surface area contributed by atoms with Crippen molar-refractivity contribution in [3.63, 3.8) is 0 Å². The van der Waals surface area contributed by atoms with Crippen molar-refractivity contribution < 1.29 is 0 Å². The Kier molecular flexibility index (Phi) is 1.70. The highest BCUT2D eigenvalue weighted by molar-refractivity contribution is 5.81. The molecule has 0 N–H and O–H groups in total. The van der Waals surface area contributed by atoms with Gasteiger partial charge in [-0.05, 0) is 12.2 Å². The first-order chi connectivity index (χ1) is 5.33. The van der Waals surface area contributed by atoms with Gasteiger partial charge in [0.15, 0.2) is 0 Å². The average molecular weight is 140 g/mol. The Morgan fingerprint density at radius 3 is 1.82 bits per heavy atom. The lowest BCUT2D eigenvalue weighted by molar-refractivity contribution is 1.46. The van der Waals surface area contributed by atoms with Gasteiger partial charge in [0.1, 0.15) is 12.1 Å². The van der Waals surface area contributed by atoms with Crippen molar-refractivity contribution in [3.8, 4) is 12.1 Å². The molecule has 0 radical (unpaired) electrons. The molecule has 11 heavy (non-hydrogen) atoms. The summed E-state index contributed by atoms with van der Waals surface area (Å²) in [6.07, 6.45) is 2.94. The Hall–Kier alpha value is -2.09. The van der Waals surface area contributed by atoms with E-state index >= 15 is 0 Å². The first kappa shape index (κ1) is 7.02. The van der Waals surface area contributed by atoms with E-state index in [9.17, 15) is 0 Å². The third-order valence-corrected chi connectivity index (χ3v) is 1.31. The summed E-state index contributed by atoms with van der Waals surface area (Å²) in [5.74, 6) is 1.80. The van der Waals surface area contributed by atoms with Crippen LogP contribution in [0.2, 0.25) is 0 Å². The Morgan fingerprint density at radius 2 is 1.55 bits per heavy atom. The van der Waals surface area contributed by atoms with E-state index in [0.717, 1.165) is 0 Å². The van der Waals surface area contributed by atoms with Gasteiger partial charge >= 0.3 is 0 Å². The maximum atomic E-state index is 8.50. The maximum Gasteiger partial charge on any atom is 0.100 e. The van der Waals surface area contributed by atoms with Crippen molar-refractivity contribution in [1.29, 1.82) is 10.5 Å². The minimum Gasteiger partial charge on any atom is -0.763 e. The predicted octanol–water partition coefficient (Wildman–Crippen LogP) is 1.07. The highest BCUT2D eigenvalue weighted by atomic mass is 14.3. The minimum atomic E-state index is 0.176. The van der Waals surface area contributed by atoms with E-state index in [-0.39, 0.29) is 16.7 Å². The maximum absolute atomic E-state index is 8.50. The molecule has 0 fully saturated rings. The SMILES string of the molecule is N#CC1=CC=C(C#N)C1=C=[N-]. The molecule has 0 aromatic heterocycles. The molecular weight excluding hydrogens is 138 g/mol. The Labute approximate surface area is 63.7 Å². The summed E-state index contributed by atoms with van der Waals surface area (Å²) in [6, 6.07) is 3.66. The molecule has 0 saturated heterocycles. The molecule has 0 aromatic carbocycles. The van der Waals surface area contributed by atoms with Crippen molar-refractivity contribution in [2.24, 2.45) is 0 Å². The molecule has 0 bridgehead atoms. The van der Waals surface area contributed by atoms with Gasteiger partial charge in [-0.15, -0.1) is 0 Å². The fraction of sp³-hybridized carbons (Fsp3) is 0. The molecule has 0 saturated carbocycles. The predicted molar refractivity (Wildman–Crippen MR) is 39.3 cm³/mol. The lowest BCUT2D eigenvalue weighted by Crippen LogP contribution is -1.84. The number of nitriles is 2. The van der Waals surface area contributed by atoms with Crippen LogP contribution in [0.3, 0.4) is 0 Å². The zero-order chi connectivity index (χ0) is 8.27. The first-order valence-corrected chi connectivity index (χ1v) is 2.83. The Morgan fingerprint density at radius 1 is 1.09 bits per heavy atom. The zero-order valence-corrected chi connectivity index (χ0v) is 5.50. The third-order valence-electron chi connectivity index (χ3n) is 1.31. The van der Waals surface area contributed by atoms with Gasteiger partial charge < -0.3 is 5.41 Å². The van der Waals surface area contributed by atoms with Crippen LogP contribution in [0.25, 0.3) is 5.41 Å². The highest BCUT2D eigenvalue weighted by Gasteiger charge is 2.12. The minimum absolute atomic E-state index is 0.176. The molecule has 0 spiro atoms. The summed E-state index contributed by atoms with van der Waals surface area (Å²) < 4.78 is 0. The molecule has 3 nitrogen and oxygen atoms in total. The van der Waals surface area contributed by atoms with Gasteiger partial charge in [0, 0.05) is 5.57 Å². The van der Waals surface area contributed by atoms with E-state index in [2.05, 4.69) is 0 Å². The molecule has 1 rings (SSSR count). The van der Waals surface area contributed by atoms with Crippen molar-refractivity contribution in [2.45, 2.75) is 0 Å². The monoisotopic (exact) mass is 140 g/mol. The van der Waals surface area contributed by atoms with Crippen LogP contribution in [0.4, 0.5) is 0 Å². The molecule has 0 aromatic rings. The van der Waals surface area contributed by atoms with Gasteiger partial charge in [-0.25, -0.2) is 0 Å². The lowest BCUT2D eigenvalue weighted by Gasteiger charge is -1.93. The number of hydrogen-bond acceptors (Lipinski definition) is 2.